The molecule has 0 heterocycles. The van der Waals surface area contributed by atoms with Crippen LogP contribution in [0.1, 0.15) is 97.3 Å². The predicted octanol–water partition coefficient (Wildman–Crippen LogP) is 6.01. The van der Waals surface area contributed by atoms with Crippen LogP contribution in [0.2, 0.25) is 0 Å². The van der Waals surface area contributed by atoms with Crippen molar-refractivity contribution in [1.29, 1.82) is 0 Å². The van der Waals surface area contributed by atoms with E-state index in [2.05, 4.69) is 19.8 Å². The van der Waals surface area contributed by atoms with Crippen molar-refractivity contribution in [2.75, 3.05) is 0 Å². The van der Waals surface area contributed by atoms with E-state index in [4.69, 9.17) is 11.2 Å². The lowest BCUT2D eigenvalue weighted by atomic mass is 9.50. The molecule has 0 aromatic heterocycles. The Bertz CT molecular complexity index is 759. The number of rotatable bonds is 6. The quantitative estimate of drug-likeness (QED) is 0.306. The third-order valence-electron chi connectivity index (χ3n) is 9.18. The first-order chi connectivity index (χ1) is 14.4. The van der Waals surface area contributed by atoms with E-state index in [0.29, 0.717) is 42.3 Å². The number of unbranched alkanes of at least 4 members (excludes halogenated alkanes) is 3. The highest BCUT2D eigenvalue weighted by molar-refractivity contribution is 5.91. The van der Waals surface area contributed by atoms with Crippen molar-refractivity contribution >= 4 is 11.8 Å². The van der Waals surface area contributed by atoms with Gasteiger partial charge < -0.3 is 4.74 Å². The molecule has 4 rings (SSSR count). The molecule has 6 atom stereocenters. The van der Waals surface area contributed by atoms with Crippen LogP contribution in [0.3, 0.4) is 0 Å². The predicted molar refractivity (Wildman–Crippen MR) is 119 cm³/mol. The van der Waals surface area contributed by atoms with E-state index >= 15 is 0 Å². The highest BCUT2D eigenvalue weighted by Gasteiger charge is 2.64. The molecular formula is C27H38O3. The third-order valence-corrected chi connectivity index (χ3v) is 9.18. The fourth-order valence-corrected chi connectivity index (χ4v) is 7.55. The van der Waals surface area contributed by atoms with Gasteiger partial charge in [-0.15, -0.1) is 6.42 Å². The summed E-state index contributed by atoms with van der Waals surface area (Å²) in [5.74, 6) is 5.67. The van der Waals surface area contributed by atoms with Gasteiger partial charge in [0.25, 0.3) is 0 Å². The molecule has 4 aliphatic carbocycles. The molecule has 30 heavy (non-hydrogen) atoms. The topological polar surface area (TPSA) is 43.4 Å². The van der Waals surface area contributed by atoms with Crippen molar-refractivity contribution < 1.29 is 14.3 Å². The van der Waals surface area contributed by atoms with E-state index in [1.165, 1.54) is 12.0 Å². The van der Waals surface area contributed by atoms with Gasteiger partial charge in [0, 0.05) is 18.3 Å². The molecule has 0 aromatic rings. The molecule has 3 heteroatoms. The molecule has 0 aliphatic heterocycles. The number of carbonyl (C=O) groups excluding carboxylic acids is 2. The van der Waals surface area contributed by atoms with Crippen LogP contribution in [0.4, 0.5) is 0 Å². The number of ketones is 1. The average Bonchev–Trinajstić information content (AvgIpc) is 3.03. The Kier molecular flexibility index (Phi) is 6.16. The van der Waals surface area contributed by atoms with Gasteiger partial charge in [-0.25, -0.2) is 0 Å². The van der Waals surface area contributed by atoms with Gasteiger partial charge in [0.15, 0.2) is 11.4 Å². The minimum absolute atomic E-state index is 0.104. The zero-order valence-electron chi connectivity index (χ0n) is 18.9. The number of esters is 1. The van der Waals surface area contributed by atoms with E-state index in [9.17, 15) is 9.59 Å². The highest BCUT2D eigenvalue weighted by atomic mass is 16.6. The standard InChI is InChI=1S/C27H38O3/c1-4-6-7-8-9-25(29)30-27(5-2)17-15-24-23-12-10-19-18-20(28)11-13-21(19)22(23)14-16-26(24,27)3/h2,18,21-24H,4,6-17H2,1,3H3/t21-,22?,23?,24?,26-,27+/m0/s1. The lowest BCUT2D eigenvalue weighted by Gasteiger charge is -2.55. The first-order valence-corrected chi connectivity index (χ1v) is 12.4. The fraction of sp³-hybridized carbons (Fsp3) is 0.778. The maximum atomic E-state index is 12.7. The van der Waals surface area contributed by atoms with Crippen LogP contribution in [-0.2, 0) is 14.3 Å². The molecule has 3 unspecified atom stereocenters. The van der Waals surface area contributed by atoms with E-state index in [1.54, 1.807) is 0 Å². The number of hydrogen-bond donors (Lipinski definition) is 0. The van der Waals surface area contributed by atoms with Gasteiger partial charge in [-0.2, -0.15) is 0 Å². The van der Waals surface area contributed by atoms with E-state index < -0.39 is 5.60 Å². The Morgan fingerprint density at radius 1 is 1.13 bits per heavy atom. The molecule has 3 fully saturated rings. The molecule has 0 bridgehead atoms. The second-order valence-electron chi connectivity index (χ2n) is 10.6. The van der Waals surface area contributed by atoms with Gasteiger partial charge in [0.2, 0.25) is 0 Å². The first-order valence-electron chi connectivity index (χ1n) is 12.4. The summed E-state index contributed by atoms with van der Waals surface area (Å²) in [5.41, 5.74) is 0.562. The van der Waals surface area contributed by atoms with Crippen LogP contribution in [0, 0.1) is 41.4 Å². The zero-order valence-corrected chi connectivity index (χ0v) is 18.9. The second-order valence-corrected chi connectivity index (χ2v) is 10.6. The number of fused-ring (bicyclic) bond motifs is 5. The number of hydrogen-bond acceptors (Lipinski definition) is 3. The van der Waals surface area contributed by atoms with Crippen LogP contribution < -0.4 is 0 Å². The van der Waals surface area contributed by atoms with Gasteiger partial charge in [-0.3, -0.25) is 9.59 Å². The van der Waals surface area contributed by atoms with Gasteiger partial charge in [-0.05, 0) is 81.1 Å². The maximum absolute atomic E-state index is 12.7. The molecule has 0 saturated heterocycles. The highest BCUT2D eigenvalue weighted by Crippen LogP contribution is 2.65. The molecule has 164 valence electrons. The van der Waals surface area contributed by atoms with Crippen molar-refractivity contribution in [2.45, 2.75) is 103 Å². The van der Waals surface area contributed by atoms with Crippen LogP contribution in [-0.4, -0.2) is 17.4 Å². The van der Waals surface area contributed by atoms with Crippen molar-refractivity contribution in [3.05, 3.63) is 11.6 Å². The zero-order chi connectivity index (χ0) is 21.4. The normalized spacial score (nSPS) is 39.9. The van der Waals surface area contributed by atoms with Crippen LogP contribution >= 0.6 is 0 Å². The number of ether oxygens (including phenoxy) is 1. The Morgan fingerprint density at radius 3 is 2.73 bits per heavy atom. The summed E-state index contributed by atoms with van der Waals surface area (Å²) in [4.78, 5) is 24.6. The third kappa shape index (κ3) is 3.55. The smallest absolute Gasteiger partial charge is 0.307 e. The van der Waals surface area contributed by atoms with Crippen molar-refractivity contribution in [1.82, 2.24) is 0 Å². The van der Waals surface area contributed by atoms with Gasteiger partial charge in [-0.1, -0.05) is 44.6 Å². The van der Waals surface area contributed by atoms with E-state index in [0.717, 1.165) is 64.2 Å². The summed E-state index contributed by atoms with van der Waals surface area (Å²) in [7, 11) is 0. The largest absolute Gasteiger partial charge is 0.445 e. The minimum atomic E-state index is -0.733. The Labute approximate surface area is 182 Å². The average molecular weight is 411 g/mol. The summed E-state index contributed by atoms with van der Waals surface area (Å²) in [5, 5.41) is 0. The number of terminal acetylenes is 1. The Hall–Kier alpha value is -1.56. The second kappa shape index (κ2) is 8.52. The monoisotopic (exact) mass is 410 g/mol. The molecule has 0 spiro atoms. The molecule has 0 N–H and O–H groups in total. The van der Waals surface area contributed by atoms with Crippen LogP contribution in [0.25, 0.3) is 0 Å². The van der Waals surface area contributed by atoms with Crippen molar-refractivity contribution in [2.24, 2.45) is 29.1 Å². The Balaban J connectivity index is 1.49. The number of carbonyl (C=O) groups is 2. The molecule has 4 aliphatic rings. The van der Waals surface area contributed by atoms with E-state index in [1.807, 2.05) is 6.08 Å². The summed E-state index contributed by atoms with van der Waals surface area (Å²) in [6.45, 7) is 4.48. The molecule has 3 saturated carbocycles. The van der Waals surface area contributed by atoms with Gasteiger partial charge >= 0.3 is 5.97 Å². The van der Waals surface area contributed by atoms with Crippen molar-refractivity contribution in [3.8, 4) is 12.3 Å². The molecule has 0 amide bonds. The minimum Gasteiger partial charge on any atom is -0.445 e. The lowest BCUT2D eigenvalue weighted by Crippen LogP contribution is -2.53. The summed E-state index contributed by atoms with van der Waals surface area (Å²) < 4.78 is 6.17. The van der Waals surface area contributed by atoms with Crippen molar-refractivity contribution in [3.63, 3.8) is 0 Å². The summed E-state index contributed by atoms with van der Waals surface area (Å²) >= 11 is 0. The molecule has 0 radical (unpaired) electrons. The maximum Gasteiger partial charge on any atom is 0.307 e. The van der Waals surface area contributed by atoms with E-state index in [-0.39, 0.29) is 11.4 Å². The number of allylic oxidation sites excluding steroid dienone is 1. The summed E-state index contributed by atoms with van der Waals surface area (Å²) in [6, 6.07) is 0. The van der Waals surface area contributed by atoms with Gasteiger partial charge in [0.1, 0.15) is 0 Å². The molecular weight excluding hydrogens is 372 g/mol. The molecule has 0 aromatic carbocycles. The SMILES string of the molecule is C#C[C@@]1(OC(=O)CCCCCC)CCC2C3CCC4=CC(=O)CC[C@@H]4C3CC[C@@]21C. The van der Waals surface area contributed by atoms with Crippen LogP contribution in [0.15, 0.2) is 11.6 Å². The molecule has 3 nitrogen and oxygen atoms in total. The first kappa shape index (κ1) is 21.7. The Morgan fingerprint density at radius 2 is 1.97 bits per heavy atom. The lowest BCUT2D eigenvalue weighted by molar-refractivity contribution is -0.170. The van der Waals surface area contributed by atoms with Crippen LogP contribution in [0.5, 0.6) is 0 Å². The summed E-state index contributed by atoms with van der Waals surface area (Å²) in [6.07, 6.45) is 20.9. The van der Waals surface area contributed by atoms with Gasteiger partial charge in [0.05, 0.1) is 0 Å². The fourth-order valence-electron chi connectivity index (χ4n) is 7.55.